The molecule has 0 saturated carbocycles. The molecule has 0 aliphatic heterocycles. The molecule has 0 aliphatic rings. The van der Waals surface area contributed by atoms with Crippen molar-refractivity contribution in [3.05, 3.63) is 96.3 Å². The second kappa shape index (κ2) is 9.53. The summed E-state index contributed by atoms with van der Waals surface area (Å²) in [5.74, 6) is -1.34. The maximum atomic E-state index is 13.4. The zero-order valence-electron chi connectivity index (χ0n) is 16.5. The summed E-state index contributed by atoms with van der Waals surface area (Å²) in [7, 11) is -8.64. The number of aldehydes is 1. The number of hydrogen-bond donors (Lipinski definition) is 0. The van der Waals surface area contributed by atoms with E-state index in [1.54, 1.807) is 12.1 Å². The van der Waals surface area contributed by atoms with Gasteiger partial charge in [-0.2, -0.15) is 0 Å². The van der Waals surface area contributed by atoms with E-state index in [0.29, 0.717) is 11.8 Å². The third kappa shape index (κ3) is 5.26. The molecule has 0 fully saturated rings. The molecule has 0 unspecified atom stereocenters. The summed E-state index contributed by atoms with van der Waals surface area (Å²) in [6.45, 7) is 0. The van der Waals surface area contributed by atoms with E-state index in [1.807, 2.05) is 0 Å². The maximum Gasteiger partial charge on any atom is 0.195 e. The van der Waals surface area contributed by atoms with Gasteiger partial charge in [-0.05, 0) is 54.8 Å². The van der Waals surface area contributed by atoms with Crippen molar-refractivity contribution in [2.24, 2.45) is 5.92 Å². The van der Waals surface area contributed by atoms with Crippen LogP contribution in [0, 0.1) is 11.7 Å². The first-order valence-electron chi connectivity index (χ1n) is 9.53. The minimum absolute atomic E-state index is 0.0922. The smallest absolute Gasteiger partial charge is 0.195 e. The lowest BCUT2D eigenvalue weighted by Crippen LogP contribution is -2.33. The van der Waals surface area contributed by atoms with Crippen LogP contribution in [0.1, 0.15) is 12.0 Å². The van der Waals surface area contributed by atoms with Gasteiger partial charge in [0.05, 0.1) is 9.79 Å². The van der Waals surface area contributed by atoms with Gasteiger partial charge in [-0.25, -0.2) is 21.2 Å². The largest absolute Gasteiger partial charge is 0.303 e. The molecule has 0 heterocycles. The van der Waals surface area contributed by atoms with Crippen LogP contribution in [0.4, 0.5) is 4.39 Å². The van der Waals surface area contributed by atoms with Crippen LogP contribution in [0.3, 0.4) is 0 Å². The van der Waals surface area contributed by atoms with Crippen LogP contribution in [0.2, 0.25) is 0 Å². The van der Waals surface area contributed by atoms with E-state index in [9.17, 15) is 26.0 Å². The van der Waals surface area contributed by atoms with Crippen LogP contribution in [0.15, 0.2) is 94.7 Å². The monoisotopic (exact) mass is 460 g/mol. The molecule has 31 heavy (non-hydrogen) atoms. The average Bonchev–Trinajstić information content (AvgIpc) is 2.78. The lowest BCUT2D eigenvalue weighted by Gasteiger charge is -2.21. The summed E-state index contributed by atoms with van der Waals surface area (Å²) in [4.78, 5) is 11.5. The molecule has 0 amide bonds. The van der Waals surface area contributed by atoms with Crippen LogP contribution in [0.5, 0.6) is 0 Å². The maximum absolute atomic E-state index is 13.4. The highest BCUT2D eigenvalue weighted by atomic mass is 32.3. The molecule has 0 N–H and O–H groups in total. The Morgan fingerprint density at radius 3 is 1.58 bits per heavy atom. The molecule has 162 valence electrons. The third-order valence-electron chi connectivity index (χ3n) is 4.93. The van der Waals surface area contributed by atoms with Gasteiger partial charge >= 0.3 is 0 Å². The summed E-state index contributed by atoms with van der Waals surface area (Å²) >= 11 is 0. The molecular formula is C23H21FO5S2. The van der Waals surface area contributed by atoms with Gasteiger partial charge in [-0.3, -0.25) is 0 Å². The molecule has 0 spiro atoms. The summed E-state index contributed by atoms with van der Waals surface area (Å²) < 4.78 is 64.8. The van der Waals surface area contributed by atoms with Crippen molar-refractivity contribution in [2.75, 3.05) is 0 Å². The second-order valence-corrected chi connectivity index (χ2v) is 11.7. The number of benzene rings is 3. The molecule has 1 atom stereocenters. The predicted octanol–water partition coefficient (Wildman–Crippen LogP) is 3.85. The number of halogens is 1. The molecule has 0 aromatic heterocycles. The summed E-state index contributed by atoms with van der Waals surface area (Å²) in [5, 5.41) is 0. The Bertz CT molecular complexity index is 1150. The Balaban J connectivity index is 2.03. The fraction of sp³-hybridized carbons (Fsp3) is 0.174. The van der Waals surface area contributed by atoms with E-state index < -0.39 is 42.4 Å². The second-order valence-electron chi connectivity index (χ2n) is 7.11. The highest BCUT2D eigenvalue weighted by Gasteiger charge is 2.41. The van der Waals surface area contributed by atoms with Gasteiger partial charge in [0.25, 0.3) is 0 Å². The Kier molecular flexibility index (Phi) is 7.02. The van der Waals surface area contributed by atoms with Crippen LogP contribution in [-0.4, -0.2) is 27.7 Å². The standard InChI is InChI=1S/C23H21FO5S2/c24-20-13-11-18(12-14-20)15-19(17-25)16-23(30(26,27)21-7-3-1-4-8-21)31(28,29)22-9-5-2-6-10-22/h1-14,17,19,23H,15-16H2/t19-/m1/s1. The minimum Gasteiger partial charge on any atom is -0.303 e. The van der Waals surface area contributed by atoms with Gasteiger partial charge < -0.3 is 4.79 Å². The normalized spacial score (nSPS) is 13.1. The number of carbonyl (C=O) groups is 1. The van der Waals surface area contributed by atoms with E-state index in [0.717, 1.165) is 0 Å². The zero-order chi connectivity index (χ0) is 22.5. The third-order valence-corrected chi connectivity index (χ3v) is 10.1. The topological polar surface area (TPSA) is 85.3 Å². The van der Waals surface area contributed by atoms with Crippen molar-refractivity contribution >= 4 is 26.0 Å². The Morgan fingerprint density at radius 2 is 1.16 bits per heavy atom. The van der Waals surface area contributed by atoms with Gasteiger partial charge in [0.1, 0.15) is 12.1 Å². The van der Waals surface area contributed by atoms with Crippen molar-refractivity contribution in [3.8, 4) is 0 Å². The average molecular weight is 461 g/mol. The predicted molar refractivity (Wildman–Crippen MR) is 115 cm³/mol. The van der Waals surface area contributed by atoms with E-state index in [1.165, 1.54) is 72.8 Å². The Morgan fingerprint density at radius 1 is 0.710 bits per heavy atom. The molecule has 5 nitrogen and oxygen atoms in total. The van der Waals surface area contributed by atoms with Crippen LogP contribution >= 0.6 is 0 Å². The van der Waals surface area contributed by atoms with Gasteiger partial charge in [0.15, 0.2) is 24.3 Å². The fourth-order valence-corrected chi connectivity index (χ4v) is 7.98. The van der Waals surface area contributed by atoms with Gasteiger partial charge in [-0.1, -0.05) is 48.5 Å². The fourth-order valence-electron chi connectivity index (χ4n) is 3.30. The van der Waals surface area contributed by atoms with Gasteiger partial charge in [0, 0.05) is 5.92 Å². The molecule has 3 aromatic carbocycles. The zero-order valence-corrected chi connectivity index (χ0v) is 18.1. The van der Waals surface area contributed by atoms with Gasteiger partial charge in [0.2, 0.25) is 0 Å². The van der Waals surface area contributed by atoms with Crippen LogP contribution in [0.25, 0.3) is 0 Å². The first kappa shape index (κ1) is 22.8. The molecule has 3 aromatic rings. The minimum atomic E-state index is -4.32. The Labute approximate surface area is 181 Å². The molecule has 0 saturated heterocycles. The first-order chi connectivity index (χ1) is 14.7. The number of rotatable bonds is 9. The highest BCUT2D eigenvalue weighted by Crippen LogP contribution is 2.30. The van der Waals surface area contributed by atoms with E-state index in [-0.39, 0.29) is 16.2 Å². The van der Waals surface area contributed by atoms with Crippen molar-refractivity contribution in [3.63, 3.8) is 0 Å². The number of carbonyl (C=O) groups excluding carboxylic acids is 1. The van der Waals surface area contributed by atoms with Crippen LogP contribution < -0.4 is 0 Å². The SMILES string of the molecule is O=C[C@H](Cc1ccc(F)cc1)CC(S(=O)(=O)c1ccccc1)S(=O)(=O)c1ccccc1. The lowest BCUT2D eigenvalue weighted by atomic mass is 9.98. The van der Waals surface area contributed by atoms with E-state index in [4.69, 9.17) is 0 Å². The molecule has 8 heteroatoms. The highest BCUT2D eigenvalue weighted by molar-refractivity contribution is 8.09. The Hall–Kier alpha value is -2.84. The summed E-state index contributed by atoms with van der Waals surface area (Å²) in [6, 6.07) is 20.1. The molecular weight excluding hydrogens is 439 g/mol. The molecule has 0 aliphatic carbocycles. The van der Waals surface area contributed by atoms with Crippen molar-refractivity contribution < 1.29 is 26.0 Å². The van der Waals surface area contributed by atoms with Crippen molar-refractivity contribution in [2.45, 2.75) is 27.2 Å². The molecule has 3 rings (SSSR count). The quantitative estimate of drug-likeness (QED) is 0.453. The number of sulfone groups is 2. The van der Waals surface area contributed by atoms with E-state index >= 15 is 0 Å². The van der Waals surface area contributed by atoms with Gasteiger partial charge in [-0.15, -0.1) is 0 Å². The molecule has 0 radical (unpaired) electrons. The van der Waals surface area contributed by atoms with Crippen LogP contribution in [-0.2, 0) is 30.9 Å². The first-order valence-corrected chi connectivity index (χ1v) is 12.6. The lowest BCUT2D eigenvalue weighted by molar-refractivity contribution is -0.111. The van der Waals surface area contributed by atoms with Crippen molar-refractivity contribution in [1.29, 1.82) is 0 Å². The number of hydrogen-bond acceptors (Lipinski definition) is 5. The molecule has 0 bridgehead atoms. The van der Waals surface area contributed by atoms with Crippen molar-refractivity contribution in [1.82, 2.24) is 0 Å². The summed E-state index contributed by atoms with van der Waals surface area (Å²) in [5.41, 5.74) is 0.603. The summed E-state index contributed by atoms with van der Waals surface area (Å²) in [6.07, 6.45) is 0.224. The van der Waals surface area contributed by atoms with E-state index in [2.05, 4.69) is 0 Å².